The van der Waals surface area contributed by atoms with E-state index >= 15 is 0 Å². The molecule has 0 spiro atoms. The fraction of sp³-hybridized carbons (Fsp3) is 0.167. The van der Waals surface area contributed by atoms with Crippen molar-refractivity contribution in [3.63, 3.8) is 0 Å². The maximum atomic E-state index is 12.5. The summed E-state index contributed by atoms with van der Waals surface area (Å²) in [4.78, 5) is 20.8. The zero-order valence-corrected chi connectivity index (χ0v) is 16.5. The second-order valence-electron chi connectivity index (χ2n) is 6.37. The highest BCUT2D eigenvalue weighted by Crippen LogP contribution is 2.33. The van der Waals surface area contributed by atoms with Crippen LogP contribution in [-0.4, -0.2) is 35.3 Å². The molecule has 28 heavy (non-hydrogen) atoms. The Kier molecular flexibility index (Phi) is 5.14. The zero-order valence-electron chi connectivity index (χ0n) is 15.0. The van der Waals surface area contributed by atoms with E-state index in [9.17, 15) is 13.2 Å². The minimum absolute atomic E-state index is 0.174. The van der Waals surface area contributed by atoms with Crippen LogP contribution in [-0.2, 0) is 15.6 Å². The number of hydrogen-bond acceptors (Lipinski definition) is 6. The second kappa shape index (κ2) is 7.25. The normalized spacial score (nSPS) is 20.9. The number of aromatic nitrogens is 1. The number of halogens is 1. The van der Waals surface area contributed by atoms with Crippen molar-refractivity contribution in [1.29, 1.82) is 0 Å². The van der Waals surface area contributed by atoms with Crippen molar-refractivity contribution in [1.82, 2.24) is 9.29 Å². The molecule has 1 atom stereocenters. The van der Waals surface area contributed by atoms with Gasteiger partial charge in [-0.2, -0.15) is 0 Å². The van der Waals surface area contributed by atoms with Crippen LogP contribution in [0.3, 0.4) is 0 Å². The van der Waals surface area contributed by atoms with Crippen molar-refractivity contribution in [3.05, 3.63) is 71.5 Å². The van der Waals surface area contributed by atoms with E-state index in [0.29, 0.717) is 16.1 Å². The molecule has 2 aromatic rings. The van der Waals surface area contributed by atoms with Crippen molar-refractivity contribution in [3.8, 4) is 0 Å². The van der Waals surface area contributed by atoms with Gasteiger partial charge in [0.15, 0.2) is 0 Å². The van der Waals surface area contributed by atoms with E-state index in [1.807, 2.05) is 0 Å². The Morgan fingerprint density at radius 2 is 2.04 bits per heavy atom. The summed E-state index contributed by atoms with van der Waals surface area (Å²) in [6, 6.07) is 9.60. The molecule has 1 aliphatic heterocycles. The van der Waals surface area contributed by atoms with Crippen LogP contribution >= 0.6 is 11.6 Å². The number of carbonyl (C=O) groups is 1. The van der Waals surface area contributed by atoms with Gasteiger partial charge in [-0.1, -0.05) is 18.2 Å². The number of anilines is 1. The molecule has 1 aromatic carbocycles. The second-order valence-corrected chi connectivity index (χ2v) is 8.65. The van der Waals surface area contributed by atoms with E-state index in [4.69, 9.17) is 17.3 Å². The monoisotopic (exact) mass is 419 g/mol. The minimum Gasteiger partial charge on any atom is -0.369 e. The number of guanidine groups is 1. The molecule has 0 unspecified atom stereocenters. The first kappa shape index (κ1) is 19.8. The minimum atomic E-state index is -3.72. The summed E-state index contributed by atoms with van der Waals surface area (Å²) >= 11 is 5.83. The molecule has 1 aromatic heterocycles. The van der Waals surface area contributed by atoms with Gasteiger partial charge in [0.05, 0.1) is 5.75 Å². The number of carbonyl (C=O) groups excluding carboxylic acids is 1. The summed E-state index contributed by atoms with van der Waals surface area (Å²) in [5.74, 6) is -0.590. The lowest BCUT2D eigenvalue weighted by atomic mass is 9.95. The summed E-state index contributed by atoms with van der Waals surface area (Å²) in [6.07, 6.45) is 2.58. The Labute approximate surface area is 167 Å². The van der Waals surface area contributed by atoms with Gasteiger partial charge in [-0.05, 0) is 48.9 Å². The summed E-state index contributed by atoms with van der Waals surface area (Å²) < 4.78 is 25.8. The first-order chi connectivity index (χ1) is 13.1. The van der Waals surface area contributed by atoms with Crippen LogP contribution in [0.5, 0.6) is 0 Å². The molecule has 3 rings (SSSR count). The van der Waals surface area contributed by atoms with Crippen LogP contribution in [0.15, 0.2) is 60.4 Å². The van der Waals surface area contributed by atoms with Crippen molar-refractivity contribution in [2.45, 2.75) is 12.5 Å². The molecule has 8 nitrogen and oxygen atoms in total. The lowest BCUT2D eigenvalue weighted by Crippen LogP contribution is -2.49. The Hall–Kier alpha value is -2.91. The lowest BCUT2D eigenvalue weighted by Gasteiger charge is -2.34. The summed E-state index contributed by atoms with van der Waals surface area (Å²) in [6.45, 7) is 5.10. The Morgan fingerprint density at radius 1 is 1.36 bits per heavy atom. The molecule has 10 heteroatoms. The van der Waals surface area contributed by atoms with Crippen LogP contribution < -0.4 is 11.1 Å². The molecular formula is C18H18ClN5O3S. The third kappa shape index (κ3) is 3.85. The van der Waals surface area contributed by atoms with Gasteiger partial charge in [-0.15, -0.1) is 0 Å². The number of hydrogen-bond donors (Lipinski definition) is 2. The Balaban J connectivity index is 1.91. The number of rotatable bonds is 4. The van der Waals surface area contributed by atoms with E-state index in [0.717, 1.165) is 10.5 Å². The standard InChI is InChI=1S/C18H18ClN5O3S/c1-3-24-17(20)23-18(2,11-28(24,26)27)13-8-9-21-15(10-13)22-16(25)12-4-6-14(19)7-5-12/h3-10H,1,11H2,2H3,(H2,20,23)(H,21,22,25)/t18-/m0/s1. The number of nitrogens with zero attached hydrogens (tertiary/aromatic N) is 3. The van der Waals surface area contributed by atoms with Crippen molar-refractivity contribution >= 4 is 39.3 Å². The quantitative estimate of drug-likeness (QED) is 0.788. The smallest absolute Gasteiger partial charge is 0.256 e. The van der Waals surface area contributed by atoms with E-state index < -0.39 is 15.6 Å². The van der Waals surface area contributed by atoms with E-state index in [1.54, 1.807) is 43.3 Å². The predicted molar refractivity (Wildman–Crippen MR) is 108 cm³/mol. The number of benzene rings is 1. The van der Waals surface area contributed by atoms with E-state index in [-0.39, 0.29) is 23.4 Å². The Bertz CT molecular complexity index is 1070. The fourth-order valence-corrected chi connectivity index (χ4v) is 4.64. The molecule has 0 fully saturated rings. The highest BCUT2D eigenvalue weighted by Gasteiger charge is 2.41. The number of amides is 1. The third-order valence-electron chi connectivity index (χ3n) is 4.25. The molecule has 2 heterocycles. The van der Waals surface area contributed by atoms with Crippen molar-refractivity contribution in [2.24, 2.45) is 10.7 Å². The van der Waals surface area contributed by atoms with Gasteiger partial charge >= 0.3 is 0 Å². The maximum absolute atomic E-state index is 12.5. The molecule has 146 valence electrons. The summed E-state index contributed by atoms with van der Waals surface area (Å²) in [5.41, 5.74) is 5.64. The number of nitrogens with two attached hydrogens (primary N) is 1. The topological polar surface area (TPSA) is 118 Å². The lowest BCUT2D eigenvalue weighted by molar-refractivity contribution is 0.102. The maximum Gasteiger partial charge on any atom is 0.256 e. The molecule has 1 amide bonds. The van der Waals surface area contributed by atoms with E-state index in [2.05, 4.69) is 21.9 Å². The van der Waals surface area contributed by atoms with Crippen molar-refractivity contribution < 1.29 is 13.2 Å². The zero-order chi connectivity index (χ0) is 20.5. The number of sulfonamides is 1. The van der Waals surface area contributed by atoms with Crippen LogP contribution in [0.1, 0.15) is 22.8 Å². The summed E-state index contributed by atoms with van der Waals surface area (Å²) in [5, 5.41) is 3.20. The highest BCUT2D eigenvalue weighted by molar-refractivity contribution is 7.89. The predicted octanol–water partition coefficient (Wildman–Crippen LogP) is 2.31. The molecule has 3 N–H and O–H groups in total. The van der Waals surface area contributed by atoms with Gasteiger partial charge in [0, 0.05) is 23.0 Å². The van der Waals surface area contributed by atoms with Gasteiger partial charge in [-0.3, -0.25) is 4.79 Å². The number of pyridine rings is 1. The van der Waals surface area contributed by atoms with Crippen LogP contribution in [0.2, 0.25) is 5.02 Å². The molecular weight excluding hydrogens is 402 g/mol. The van der Waals surface area contributed by atoms with Gasteiger partial charge in [0.1, 0.15) is 11.4 Å². The molecule has 0 saturated carbocycles. The molecule has 1 aliphatic rings. The average Bonchev–Trinajstić information content (AvgIpc) is 2.61. The van der Waals surface area contributed by atoms with E-state index in [1.165, 1.54) is 6.20 Å². The average molecular weight is 420 g/mol. The first-order valence-electron chi connectivity index (χ1n) is 8.18. The largest absolute Gasteiger partial charge is 0.369 e. The number of nitrogens with one attached hydrogen (secondary N) is 1. The molecule has 0 bridgehead atoms. The van der Waals surface area contributed by atoms with Gasteiger partial charge in [-0.25, -0.2) is 22.7 Å². The van der Waals surface area contributed by atoms with Gasteiger partial charge in [0.25, 0.3) is 5.91 Å². The Morgan fingerprint density at radius 3 is 2.64 bits per heavy atom. The van der Waals surface area contributed by atoms with Gasteiger partial charge in [0.2, 0.25) is 16.0 Å². The molecule has 0 radical (unpaired) electrons. The molecule has 0 saturated heterocycles. The number of aliphatic imine (C=N–C) groups is 1. The van der Waals surface area contributed by atoms with Crippen LogP contribution in [0.4, 0.5) is 5.82 Å². The fourth-order valence-electron chi connectivity index (χ4n) is 2.88. The van der Waals surface area contributed by atoms with Gasteiger partial charge < -0.3 is 11.1 Å². The van der Waals surface area contributed by atoms with Crippen LogP contribution in [0, 0.1) is 0 Å². The third-order valence-corrected chi connectivity index (χ3v) is 6.36. The van der Waals surface area contributed by atoms with Crippen LogP contribution in [0.25, 0.3) is 0 Å². The molecule has 0 aliphatic carbocycles. The summed E-state index contributed by atoms with van der Waals surface area (Å²) in [7, 11) is -3.72. The SMILES string of the molecule is C=CN1C(N)=N[C@](C)(c2ccnc(NC(=O)c3ccc(Cl)cc3)c2)CS1(=O)=O. The highest BCUT2D eigenvalue weighted by atomic mass is 35.5. The first-order valence-corrected chi connectivity index (χ1v) is 10.2. The van der Waals surface area contributed by atoms with Crippen molar-refractivity contribution in [2.75, 3.05) is 11.1 Å².